The van der Waals surface area contributed by atoms with Crippen LogP contribution in [-0.2, 0) is 43.1 Å². The smallest absolute Gasteiger partial charge is 0 e. The molecule has 0 atom stereocenters. The van der Waals surface area contributed by atoms with Crippen LogP contribution in [0, 0.1) is 69.2 Å². The van der Waals surface area contributed by atoms with Crippen molar-refractivity contribution in [1.29, 1.82) is 0 Å². The molecule has 2 rings (SSSR count). The Balaban J connectivity index is -0.000000147. The van der Waals surface area contributed by atoms with Crippen LogP contribution in [0.1, 0.15) is 55.6 Å². The Morgan fingerprint density at radius 3 is 0.731 bits per heavy atom. The maximum absolute atomic E-state index is 7.75. The first-order chi connectivity index (χ1) is 11.1. The van der Waals surface area contributed by atoms with Crippen molar-refractivity contribution in [1.82, 2.24) is 0 Å². The van der Waals surface area contributed by atoms with E-state index in [1.165, 1.54) is 55.6 Å². The van der Waals surface area contributed by atoms with E-state index in [1.807, 2.05) is 0 Å². The van der Waals surface area contributed by atoms with E-state index in [4.69, 9.17) is 9.59 Å². The summed E-state index contributed by atoms with van der Waals surface area (Å²) >= 11 is 0. The molecule has 2 aromatic rings. The third kappa shape index (κ3) is 7.35. The molecule has 2 radical (unpaired) electrons. The van der Waals surface area contributed by atoms with Gasteiger partial charge in [-0.15, -0.1) is 0 Å². The van der Waals surface area contributed by atoms with E-state index < -0.39 is 0 Å². The quantitative estimate of drug-likeness (QED) is 0.404. The molecule has 0 fully saturated rings. The minimum atomic E-state index is 0. The second-order valence-electron chi connectivity index (χ2n) is 6.25. The van der Waals surface area contributed by atoms with Gasteiger partial charge in [0.1, 0.15) is 0 Å². The summed E-state index contributed by atoms with van der Waals surface area (Å²) < 4.78 is 0. The minimum Gasteiger partial charge on any atom is -0.731 e. The topological polar surface area (TPSA) is 34.1 Å². The van der Waals surface area contributed by atoms with E-state index in [0.29, 0.717) is 0 Å². The molecule has 26 heavy (non-hydrogen) atoms. The van der Waals surface area contributed by atoms with Crippen LogP contribution in [0.5, 0.6) is 0 Å². The SMILES string of the molecule is C[c-]1[c-](C)[c-](C)[c-](C)[c-]1C.Cc1c(C)c(C)[c-](C)c1C.[CH-]=O.[CH-]=O.[Co].[Co]. The predicted molar refractivity (Wildman–Crippen MR) is 105 cm³/mol. The molecule has 0 aromatic heterocycles. The maximum atomic E-state index is 7.75. The van der Waals surface area contributed by atoms with Crippen LogP contribution in [-0.4, -0.2) is 13.6 Å². The van der Waals surface area contributed by atoms with Gasteiger partial charge in [-0.3, -0.25) is 13.6 Å². The van der Waals surface area contributed by atoms with Crippen molar-refractivity contribution in [3.05, 3.63) is 55.6 Å². The Hall–Kier alpha value is -0.947. The zero-order valence-corrected chi connectivity index (χ0v) is 19.7. The fourth-order valence-electron chi connectivity index (χ4n) is 2.81. The van der Waals surface area contributed by atoms with Gasteiger partial charge in [-0.2, -0.15) is 27.8 Å². The van der Waals surface area contributed by atoms with Crippen molar-refractivity contribution in [3.8, 4) is 0 Å². The Morgan fingerprint density at radius 1 is 0.500 bits per heavy atom. The summed E-state index contributed by atoms with van der Waals surface area (Å²) in [7, 11) is 0. The number of carbonyl (C=O) groups excluding carboxylic acids is 2. The number of hydrogen-bond donors (Lipinski definition) is 0. The van der Waals surface area contributed by atoms with Crippen LogP contribution in [0.3, 0.4) is 0 Å². The second kappa shape index (κ2) is 15.1. The Labute approximate surface area is 181 Å². The zero-order chi connectivity index (χ0) is 19.8. The molecule has 158 valence electrons. The summed E-state index contributed by atoms with van der Waals surface area (Å²) in [5.74, 6) is 0. The third-order valence-electron chi connectivity index (χ3n) is 5.62. The van der Waals surface area contributed by atoms with Crippen molar-refractivity contribution in [2.24, 2.45) is 0 Å². The van der Waals surface area contributed by atoms with Gasteiger partial charge in [-0.1, -0.05) is 34.6 Å². The Kier molecular flexibility index (Phi) is 19.0. The molecule has 0 N–H and O–H groups in total. The van der Waals surface area contributed by atoms with Gasteiger partial charge >= 0.3 is 0 Å². The summed E-state index contributed by atoms with van der Waals surface area (Å²) in [6, 6.07) is 0. The third-order valence-corrected chi connectivity index (χ3v) is 5.62. The molecule has 0 aliphatic heterocycles. The van der Waals surface area contributed by atoms with Gasteiger partial charge in [0.15, 0.2) is 0 Å². The number of rotatable bonds is 0. The molecule has 0 spiro atoms. The van der Waals surface area contributed by atoms with Crippen LogP contribution in [0.4, 0.5) is 0 Å². The minimum absolute atomic E-state index is 0. The average molecular weight is 446 g/mol. The van der Waals surface area contributed by atoms with Gasteiger partial charge in [0, 0.05) is 33.6 Å². The molecule has 0 unspecified atom stereocenters. The van der Waals surface area contributed by atoms with E-state index in [2.05, 4.69) is 82.8 Å². The summed E-state index contributed by atoms with van der Waals surface area (Å²) in [5.41, 5.74) is 14.7. The van der Waals surface area contributed by atoms with Crippen LogP contribution < -0.4 is 0 Å². The Morgan fingerprint density at radius 2 is 0.654 bits per heavy atom. The molecule has 2 aromatic carbocycles. The van der Waals surface area contributed by atoms with Gasteiger partial charge in [-0.25, -0.2) is 34.6 Å². The molecular weight excluding hydrogens is 414 g/mol. The summed E-state index contributed by atoms with van der Waals surface area (Å²) in [5, 5.41) is 0. The van der Waals surface area contributed by atoms with E-state index in [0.717, 1.165) is 0 Å². The first-order valence-electron chi connectivity index (χ1n) is 7.97. The molecule has 0 heterocycles. The molecule has 0 bridgehead atoms. The average Bonchev–Trinajstić information content (AvgIpc) is 2.89. The molecule has 0 aliphatic rings. The second-order valence-corrected chi connectivity index (χ2v) is 6.25. The van der Waals surface area contributed by atoms with Crippen molar-refractivity contribution < 1.29 is 43.1 Å². The molecule has 0 saturated carbocycles. The largest absolute Gasteiger partial charge is 0.731 e. The fourth-order valence-corrected chi connectivity index (χ4v) is 2.81. The molecule has 0 saturated heterocycles. The normalized spacial score (nSPS) is 8.38. The van der Waals surface area contributed by atoms with E-state index >= 15 is 0 Å². The summed E-state index contributed by atoms with van der Waals surface area (Å²) in [6.45, 7) is 28.5. The summed E-state index contributed by atoms with van der Waals surface area (Å²) in [4.78, 5) is 15.5. The van der Waals surface area contributed by atoms with Crippen LogP contribution in [0.2, 0.25) is 0 Å². The molecular formula is C22H32Co2O2-8. The predicted octanol–water partition coefficient (Wildman–Crippen LogP) is 5.34. The first-order valence-corrected chi connectivity index (χ1v) is 7.97. The van der Waals surface area contributed by atoms with Gasteiger partial charge < -0.3 is 37.4 Å². The van der Waals surface area contributed by atoms with Crippen LogP contribution in [0.25, 0.3) is 0 Å². The van der Waals surface area contributed by atoms with E-state index in [9.17, 15) is 0 Å². The van der Waals surface area contributed by atoms with Crippen molar-refractivity contribution in [3.63, 3.8) is 0 Å². The molecule has 0 amide bonds. The van der Waals surface area contributed by atoms with Crippen molar-refractivity contribution in [2.45, 2.75) is 69.2 Å². The van der Waals surface area contributed by atoms with Crippen LogP contribution >= 0.6 is 0 Å². The standard InChI is InChI=1S/2C10H15.2CHO.2Co/c2*1-6-7(2)9(4)10(5)8(6)3;2*1-2;;/h2*1-5H3;2*1H;;/q-5;3*-1;;. The molecule has 4 heteroatoms. The van der Waals surface area contributed by atoms with Crippen LogP contribution in [0.15, 0.2) is 0 Å². The van der Waals surface area contributed by atoms with Gasteiger partial charge in [0.2, 0.25) is 0 Å². The first kappa shape index (κ1) is 32.7. The Bertz CT molecular complexity index is 446. The van der Waals surface area contributed by atoms with Crippen molar-refractivity contribution >= 4 is 13.6 Å². The van der Waals surface area contributed by atoms with Gasteiger partial charge in [-0.05, 0) is 0 Å². The fraction of sp³-hybridized carbons (Fsp3) is 0.455. The molecule has 2 nitrogen and oxygen atoms in total. The van der Waals surface area contributed by atoms with E-state index in [1.54, 1.807) is 0 Å². The van der Waals surface area contributed by atoms with Crippen molar-refractivity contribution in [2.75, 3.05) is 0 Å². The maximum Gasteiger partial charge on any atom is 0 e. The van der Waals surface area contributed by atoms with Gasteiger partial charge in [0.05, 0.1) is 0 Å². The molecule has 0 aliphatic carbocycles. The zero-order valence-electron chi connectivity index (χ0n) is 17.6. The summed E-state index contributed by atoms with van der Waals surface area (Å²) in [6.07, 6.45) is 0. The van der Waals surface area contributed by atoms with E-state index in [-0.39, 0.29) is 33.6 Å². The van der Waals surface area contributed by atoms with Gasteiger partial charge in [0.25, 0.3) is 0 Å². The number of hydrogen-bond acceptors (Lipinski definition) is 2. The monoisotopic (exact) mass is 446 g/mol.